The second-order valence-electron chi connectivity index (χ2n) is 6.25. The van der Waals surface area contributed by atoms with Gasteiger partial charge in [0, 0.05) is 36.0 Å². The van der Waals surface area contributed by atoms with Crippen molar-refractivity contribution in [2.24, 2.45) is 7.05 Å². The smallest absolute Gasteiger partial charge is 0.101 e. The van der Waals surface area contributed by atoms with E-state index in [0.29, 0.717) is 0 Å². The van der Waals surface area contributed by atoms with Crippen molar-refractivity contribution in [3.8, 4) is 11.1 Å². The van der Waals surface area contributed by atoms with E-state index in [0.717, 1.165) is 35.9 Å². The van der Waals surface area contributed by atoms with Crippen LogP contribution in [0.2, 0.25) is 0 Å². The lowest BCUT2D eigenvalue weighted by molar-refractivity contribution is 0.760. The Bertz CT molecular complexity index is 887. The molecule has 3 aromatic rings. The van der Waals surface area contributed by atoms with Gasteiger partial charge < -0.3 is 0 Å². The van der Waals surface area contributed by atoms with Gasteiger partial charge in [-0.15, -0.1) is 0 Å². The molecule has 0 bridgehead atoms. The summed E-state index contributed by atoms with van der Waals surface area (Å²) in [6.07, 6.45) is 9.38. The molecule has 0 aliphatic rings. The predicted octanol–water partition coefficient (Wildman–Crippen LogP) is 5.54. The molecular formula is C21H25N3. The first kappa shape index (κ1) is 16.4. The van der Waals surface area contributed by atoms with Crippen molar-refractivity contribution >= 4 is 16.5 Å². The highest BCUT2D eigenvalue weighted by atomic mass is 15.3. The standard InChI is InChI=1S/C21H25N3/c1-5-8-16(9-6-2)21-18-11-7-10-17(20(18)23-24(21)4)19-14-22-13-12-15(19)3/h7-8,10-14H,5-6,9H2,1-4H3/b16-8+. The van der Waals surface area contributed by atoms with Crippen molar-refractivity contribution in [2.75, 3.05) is 0 Å². The predicted molar refractivity (Wildman–Crippen MR) is 102 cm³/mol. The highest BCUT2D eigenvalue weighted by Crippen LogP contribution is 2.34. The Morgan fingerprint density at radius 2 is 2.00 bits per heavy atom. The quantitative estimate of drug-likeness (QED) is 0.618. The van der Waals surface area contributed by atoms with Gasteiger partial charge in [-0.05, 0) is 37.0 Å². The Balaban J connectivity index is 2.26. The second kappa shape index (κ2) is 7.00. The summed E-state index contributed by atoms with van der Waals surface area (Å²) in [4.78, 5) is 4.31. The van der Waals surface area contributed by atoms with Crippen LogP contribution in [0.4, 0.5) is 0 Å². The van der Waals surface area contributed by atoms with Crippen molar-refractivity contribution < 1.29 is 0 Å². The number of benzene rings is 1. The first-order valence-electron chi connectivity index (χ1n) is 8.73. The number of aromatic nitrogens is 3. The minimum absolute atomic E-state index is 1.05. The molecule has 0 aliphatic carbocycles. The lowest BCUT2D eigenvalue weighted by Crippen LogP contribution is -1.98. The third-order valence-electron chi connectivity index (χ3n) is 4.47. The normalized spacial score (nSPS) is 12.1. The molecule has 3 nitrogen and oxygen atoms in total. The summed E-state index contributed by atoms with van der Waals surface area (Å²) >= 11 is 0. The minimum atomic E-state index is 1.05. The molecule has 1 aromatic carbocycles. The molecule has 0 fully saturated rings. The topological polar surface area (TPSA) is 30.7 Å². The van der Waals surface area contributed by atoms with Crippen molar-refractivity contribution in [1.29, 1.82) is 0 Å². The number of fused-ring (bicyclic) bond motifs is 1. The first-order chi connectivity index (χ1) is 11.7. The average molecular weight is 319 g/mol. The van der Waals surface area contributed by atoms with E-state index in [2.05, 4.69) is 56.1 Å². The number of hydrogen-bond acceptors (Lipinski definition) is 2. The second-order valence-corrected chi connectivity index (χ2v) is 6.25. The number of aryl methyl sites for hydroxylation is 2. The monoisotopic (exact) mass is 319 g/mol. The number of nitrogens with zero attached hydrogens (tertiary/aromatic N) is 3. The molecule has 0 radical (unpaired) electrons. The molecule has 3 rings (SSSR count). The Kier molecular flexibility index (Phi) is 4.79. The maximum absolute atomic E-state index is 4.86. The fourth-order valence-electron chi connectivity index (χ4n) is 3.39. The molecule has 24 heavy (non-hydrogen) atoms. The molecule has 2 heterocycles. The van der Waals surface area contributed by atoms with Crippen LogP contribution in [0.5, 0.6) is 0 Å². The van der Waals surface area contributed by atoms with Gasteiger partial charge >= 0.3 is 0 Å². The zero-order valence-corrected chi connectivity index (χ0v) is 15.0. The summed E-state index contributed by atoms with van der Waals surface area (Å²) in [6, 6.07) is 8.51. The zero-order chi connectivity index (χ0) is 17.1. The van der Waals surface area contributed by atoms with E-state index >= 15 is 0 Å². The van der Waals surface area contributed by atoms with Gasteiger partial charge in [0.25, 0.3) is 0 Å². The highest BCUT2D eigenvalue weighted by molar-refractivity contribution is 5.99. The van der Waals surface area contributed by atoms with Gasteiger partial charge in [0.15, 0.2) is 0 Å². The maximum Gasteiger partial charge on any atom is 0.101 e. The van der Waals surface area contributed by atoms with E-state index in [1.54, 1.807) is 0 Å². The van der Waals surface area contributed by atoms with E-state index in [1.165, 1.54) is 22.2 Å². The van der Waals surface area contributed by atoms with E-state index < -0.39 is 0 Å². The molecule has 124 valence electrons. The molecule has 0 atom stereocenters. The van der Waals surface area contributed by atoms with Crippen LogP contribution in [0.1, 0.15) is 44.4 Å². The third-order valence-corrected chi connectivity index (χ3v) is 4.47. The molecule has 0 amide bonds. The van der Waals surface area contributed by atoms with E-state index in [1.807, 2.05) is 24.1 Å². The Labute approximate surface area is 144 Å². The third kappa shape index (κ3) is 2.86. The summed E-state index contributed by atoms with van der Waals surface area (Å²) in [5.41, 5.74) is 7.24. The fraction of sp³-hybridized carbons (Fsp3) is 0.333. The van der Waals surface area contributed by atoms with Crippen LogP contribution in [0.3, 0.4) is 0 Å². The van der Waals surface area contributed by atoms with Crippen LogP contribution in [0, 0.1) is 6.92 Å². The van der Waals surface area contributed by atoms with Crippen molar-refractivity contribution in [2.45, 2.75) is 40.0 Å². The van der Waals surface area contributed by atoms with Gasteiger partial charge in [-0.25, -0.2) is 0 Å². The highest BCUT2D eigenvalue weighted by Gasteiger charge is 2.16. The van der Waals surface area contributed by atoms with Gasteiger partial charge in [0.2, 0.25) is 0 Å². The van der Waals surface area contributed by atoms with Crippen LogP contribution in [-0.2, 0) is 7.05 Å². The molecule has 0 N–H and O–H groups in total. The van der Waals surface area contributed by atoms with Gasteiger partial charge in [-0.2, -0.15) is 5.10 Å². The molecule has 0 aliphatic heterocycles. The SMILES string of the molecule is CC/C=C(\CCC)c1c2cccc(-c3cnccc3C)c2nn1C. The van der Waals surface area contributed by atoms with Crippen LogP contribution in [0.15, 0.2) is 42.7 Å². The van der Waals surface area contributed by atoms with Crippen molar-refractivity contribution in [1.82, 2.24) is 14.8 Å². The molecular weight excluding hydrogens is 294 g/mol. The van der Waals surface area contributed by atoms with Crippen molar-refractivity contribution in [3.63, 3.8) is 0 Å². The average Bonchev–Trinajstić information content (AvgIpc) is 2.91. The fourth-order valence-corrected chi connectivity index (χ4v) is 3.39. The van der Waals surface area contributed by atoms with Crippen LogP contribution in [-0.4, -0.2) is 14.8 Å². The van der Waals surface area contributed by atoms with Gasteiger partial charge in [-0.1, -0.05) is 44.5 Å². The van der Waals surface area contributed by atoms with Crippen LogP contribution >= 0.6 is 0 Å². The zero-order valence-electron chi connectivity index (χ0n) is 15.0. The van der Waals surface area contributed by atoms with Gasteiger partial charge in [-0.3, -0.25) is 9.67 Å². The summed E-state index contributed by atoms with van der Waals surface area (Å²) in [7, 11) is 2.05. The largest absolute Gasteiger partial charge is 0.267 e. The number of pyridine rings is 1. The number of hydrogen-bond donors (Lipinski definition) is 0. The maximum atomic E-state index is 4.86. The molecule has 0 spiro atoms. The van der Waals surface area contributed by atoms with E-state index in [9.17, 15) is 0 Å². The molecule has 0 unspecified atom stereocenters. The molecule has 2 aromatic heterocycles. The van der Waals surface area contributed by atoms with Crippen LogP contribution < -0.4 is 0 Å². The summed E-state index contributed by atoms with van der Waals surface area (Å²) in [5, 5.41) is 6.09. The first-order valence-corrected chi connectivity index (χ1v) is 8.73. The number of rotatable bonds is 5. The van der Waals surface area contributed by atoms with Gasteiger partial charge in [0.1, 0.15) is 5.52 Å². The lowest BCUT2D eigenvalue weighted by Gasteiger charge is -2.08. The summed E-state index contributed by atoms with van der Waals surface area (Å²) in [5.74, 6) is 0. The number of allylic oxidation sites excluding steroid dienone is 2. The van der Waals surface area contributed by atoms with E-state index in [-0.39, 0.29) is 0 Å². The molecule has 0 saturated carbocycles. The Morgan fingerprint density at radius 3 is 2.71 bits per heavy atom. The van der Waals surface area contributed by atoms with Crippen LogP contribution in [0.25, 0.3) is 27.6 Å². The molecule has 3 heteroatoms. The summed E-state index contributed by atoms with van der Waals surface area (Å²) < 4.78 is 2.04. The molecule has 0 saturated heterocycles. The Morgan fingerprint density at radius 1 is 1.17 bits per heavy atom. The summed E-state index contributed by atoms with van der Waals surface area (Å²) in [6.45, 7) is 6.55. The Hall–Kier alpha value is -2.42. The lowest BCUT2D eigenvalue weighted by atomic mass is 9.97. The minimum Gasteiger partial charge on any atom is -0.267 e. The van der Waals surface area contributed by atoms with Crippen molar-refractivity contribution in [3.05, 3.63) is 54.0 Å². The van der Waals surface area contributed by atoms with E-state index in [4.69, 9.17) is 5.10 Å². The van der Waals surface area contributed by atoms with Gasteiger partial charge in [0.05, 0.1) is 5.69 Å².